The third-order valence-corrected chi connectivity index (χ3v) is 2.34. The summed E-state index contributed by atoms with van der Waals surface area (Å²) in [4.78, 5) is 0. The highest BCUT2D eigenvalue weighted by Gasteiger charge is 2.02. The minimum atomic E-state index is 0.160. The van der Waals surface area contributed by atoms with E-state index in [0.29, 0.717) is 26.3 Å². The van der Waals surface area contributed by atoms with E-state index in [2.05, 4.69) is 0 Å². The molecule has 2 unspecified atom stereocenters. The molecule has 0 aliphatic rings. The average Bonchev–Trinajstić information content (AvgIpc) is 2.18. The fraction of sp³-hybridized carbons (Fsp3) is 1.00. The van der Waals surface area contributed by atoms with Gasteiger partial charge in [0.15, 0.2) is 0 Å². The Morgan fingerprint density at radius 2 is 1.13 bits per heavy atom. The van der Waals surface area contributed by atoms with E-state index in [9.17, 15) is 0 Å². The number of hydrogen-bond acceptors (Lipinski definition) is 5. The Hall–Kier alpha value is -0.200. The van der Waals surface area contributed by atoms with E-state index < -0.39 is 0 Å². The van der Waals surface area contributed by atoms with Gasteiger partial charge >= 0.3 is 0 Å². The Kier molecular flexibility index (Phi) is 10.2. The highest BCUT2D eigenvalue weighted by atomic mass is 16.5. The monoisotopic (exact) mass is 218 g/mol. The molecule has 2 atom stereocenters. The van der Waals surface area contributed by atoms with Crippen LogP contribution in [0.5, 0.6) is 0 Å². The summed E-state index contributed by atoms with van der Waals surface area (Å²) in [5.74, 6) is 0. The summed E-state index contributed by atoms with van der Waals surface area (Å²) >= 11 is 0. The van der Waals surface area contributed by atoms with E-state index in [1.54, 1.807) is 0 Å². The van der Waals surface area contributed by atoms with Crippen molar-refractivity contribution in [3.63, 3.8) is 0 Å². The lowest BCUT2D eigenvalue weighted by atomic mass is 10.1. The van der Waals surface area contributed by atoms with Gasteiger partial charge in [0.05, 0.1) is 0 Å². The van der Waals surface area contributed by atoms with Gasteiger partial charge in [-0.1, -0.05) is 0 Å². The van der Waals surface area contributed by atoms with E-state index in [0.717, 1.165) is 25.7 Å². The molecular formula is C10H26N4O. The summed E-state index contributed by atoms with van der Waals surface area (Å²) in [5.41, 5.74) is 22.3. The van der Waals surface area contributed by atoms with Crippen molar-refractivity contribution >= 4 is 0 Å². The summed E-state index contributed by atoms with van der Waals surface area (Å²) in [6.07, 6.45) is 3.44. The van der Waals surface area contributed by atoms with Gasteiger partial charge in [0, 0.05) is 25.3 Å². The zero-order chi connectivity index (χ0) is 11.5. The number of rotatable bonds is 10. The third kappa shape index (κ3) is 10.1. The first-order valence-electron chi connectivity index (χ1n) is 5.69. The van der Waals surface area contributed by atoms with Crippen LogP contribution in [0.15, 0.2) is 0 Å². The fourth-order valence-corrected chi connectivity index (χ4v) is 1.29. The second-order valence-corrected chi connectivity index (χ2v) is 3.86. The van der Waals surface area contributed by atoms with Gasteiger partial charge in [-0.2, -0.15) is 0 Å². The lowest BCUT2D eigenvalue weighted by Crippen LogP contribution is -2.27. The quantitative estimate of drug-likeness (QED) is 0.356. The van der Waals surface area contributed by atoms with Crippen LogP contribution < -0.4 is 22.9 Å². The van der Waals surface area contributed by atoms with Crippen molar-refractivity contribution in [2.75, 3.05) is 26.3 Å². The summed E-state index contributed by atoms with van der Waals surface area (Å²) in [6.45, 7) is 2.66. The lowest BCUT2D eigenvalue weighted by molar-refractivity contribution is 0.119. The highest BCUT2D eigenvalue weighted by molar-refractivity contribution is 4.62. The first kappa shape index (κ1) is 14.8. The molecule has 8 N–H and O–H groups in total. The Balaban J connectivity index is 3.17. The Bertz CT molecular complexity index is 121. The molecule has 0 aromatic carbocycles. The van der Waals surface area contributed by atoms with Gasteiger partial charge in [-0.05, 0) is 38.8 Å². The SMILES string of the molecule is NCCC(N)CCOCCC(N)CCN. The molecule has 0 rings (SSSR count). The van der Waals surface area contributed by atoms with Crippen LogP contribution in [0.2, 0.25) is 0 Å². The van der Waals surface area contributed by atoms with Crippen LogP contribution in [0.25, 0.3) is 0 Å². The van der Waals surface area contributed by atoms with Gasteiger partial charge in [0.1, 0.15) is 0 Å². The van der Waals surface area contributed by atoms with E-state index >= 15 is 0 Å². The second-order valence-electron chi connectivity index (χ2n) is 3.86. The molecule has 0 saturated heterocycles. The molecule has 0 aromatic rings. The van der Waals surface area contributed by atoms with Crippen LogP contribution in [-0.2, 0) is 4.74 Å². The molecule has 0 radical (unpaired) electrons. The van der Waals surface area contributed by atoms with Crippen molar-refractivity contribution in [1.29, 1.82) is 0 Å². The van der Waals surface area contributed by atoms with Crippen molar-refractivity contribution in [3.8, 4) is 0 Å². The number of hydrogen-bond donors (Lipinski definition) is 4. The van der Waals surface area contributed by atoms with Crippen molar-refractivity contribution in [2.45, 2.75) is 37.8 Å². The molecule has 5 heteroatoms. The van der Waals surface area contributed by atoms with Gasteiger partial charge < -0.3 is 27.7 Å². The molecule has 0 fully saturated rings. The van der Waals surface area contributed by atoms with Gasteiger partial charge in [-0.25, -0.2) is 0 Å². The fourth-order valence-electron chi connectivity index (χ4n) is 1.29. The molecule has 0 amide bonds. The first-order valence-corrected chi connectivity index (χ1v) is 5.69. The topological polar surface area (TPSA) is 113 Å². The van der Waals surface area contributed by atoms with Crippen molar-refractivity contribution < 1.29 is 4.74 Å². The molecule has 0 spiro atoms. The van der Waals surface area contributed by atoms with Crippen molar-refractivity contribution in [2.24, 2.45) is 22.9 Å². The van der Waals surface area contributed by atoms with Crippen LogP contribution in [0.1, 0.15) is 25.7 Å². The van der Waals surface area contributed by atoms with Gasteiger partial charge in [0.25, 0.3) is 0 Å². The minimum absolute atomic E-state index is 0.160. The summed E-state index contributed by atoms with van der Waals surface area (Å²) in [5, 5.41) is 0. The predicted molar refractivity (Wildman–Crippen MR) is 63.3 cm³/mol. The van der Waals surface area contributed by atoms with Crippen LogP contribution in [0.4, 0.5) is 0 Å². The molecule has 15 heavy (non-hydrogen) atoms. The maximum absolute atomic E-state index is 5.77. The number of ether oxygens (including phenoxy) is 1. The molecule has 0 aromatic heterocycles. The number of nitrogens with two attached hydrogens (primary N) is 4. The molecular weight excluding hydrogens is 192 g/mol. The average molecular weight is 218 g/mol. The van der Waals surface area contributed by atoms with Gasteiger partial charge in [-0.15, -0.1) is 0 Å². The zero-order valence-electron chi connectivity index (χ0n) is 9.53. The maximum atomic E-state index is 5.77. The lowest BCUT2D eigenvalue weighted by Gasteiger charge is -2.12. The van der Waals surface area contributed by atoms with Crippen LogP contribution in [0, 0.1) is 0 Å². The van der Waals surface area contributed by atoms with Crippen LogP contribution in [0.3, 0.4) is 0 Å². The van der Waals surface area contributed by atoms with Crippen LogP contribution >= 0.6 is 0 Å². The Morgan fingerprint density at radius 3 is 1.47 bits per heavy atom. The molecule has 0 saturated carbocycles. The predicted octanol–water partition coefficient (Wildman–Crippen LogP) is -0.865. The third-order valence-electron chi connectivity index (χ3n) is 2.34. The molecule has 0 heterocycles. The van der Waals surface area contributed by atoms with E-state index in [4.69, 9.17) is 27.7 Å². The first-order chi connectivity index (χ1) is 7.20. The Morgan fingerprint density at radius 1 is 0.733 bits per heavy atom. The zero-order valence-corrected chi connectivity index (χ0v) is 9.53. The molecule has 92 valence electrons. The smallest absolute Gasteiger partial charge is 0.0480 e. The summed E-state index contributed by atoms with van der Waals surface area (Å²) < 4.78 is 5.43. The molecule has 0 bridgehead atoms. The van der Waals surface area contributed by atoms with E-state index in [-0.39, 0.29) is 12.1 Å². The Labute approximate surface area is 92.5 Å². The molecule has 0 aliphatic heterocycles. The van der Waals surface area contributed by atoms with Gasteiger partial charge in [-0.3, -0.25) is 0 Å². The van der Waals surface area contributed by atoms with E-state index in [1.165, 1.54) is 0 Å². The maximum Gasteiger partial charge on any atom is 0.0480 e. The van der Waals surface area contributed by atoms with Crippen molar-refractivity contribution in [1.82, 2.24) is 0 Å². The summed E-state index contributed by atoms with van der Waals surface area (Å²) in [6, 6.07) is 0.320. The van der Waals surface area contributed by atoms with Crippen molar-refractivity contribution in [3.05, 3.63) is 0 Å². The molecule has 0 aliphatic carbocycles. The minimum Gasteiger partial charge on any atom is -0.381 e. The van der Waals surface area contributed by atoms with Gasteiger partial charge in [0.2, 0.25) is 0 Å². The van der Waals surface area contributed by atoms with E-state index in [1.807, 2.05) is 0 Å². The normalized spacial score (nSPS) is 15.2. The second kappa shape index (κ2) is 10.3. The standard InChI is InChI=1S/C10H26N4O/c11-5-1-9(13)3-7-15-8-4-10(14)2-6-12/h9-10H,1-8,11-14H2. The largest absolute Gasteiger partial charge is 0.381 e. The molecule has 5 nitrogen and oxygen atoms in total. The van der Waals surface area contributed by atoms with Crippen LogP contribution in [-0.4, -0.2) is 38.4 Å². The highest BCUT2D eigenvalue weighted by Crippen LogP contribution is 1.97. The summed E-state index contributed by atoms with van der Waals surface area (Å²) in [7, 11) is 0.